The van der Waals surface area contributed by atoms with E-state index in [9.17, 15) is 4.79 Å². The first-order valence-corrected chi connectivity index (χ1v) is 8.78. The summed E-state index contributed by atoms with van der Waals surface area (Å²) in [7, 11) is 0. The van der Waals surface area contributed by atoms with E-state index in [1.54, 1.807) is 5.38 Å². The molecule has 1 saturated heterocycles. The third kappa shape index (κ3) is 4.77. The van der Waals surface area contributed by atoms with Gasteiger partial charge >= 0.3 is 5.97 Å². The molecule has 2 heterocycles. The molecule has 0 spiro atoms. The number of aliphatic carboxylic acids is 1. The van der Waals surface area contributed by atoms with Crippen LogP contribution < -0.4 is 4.74 Å². The summed E-state index contributed by atoms with van der Waals surface area (Å²) >= 11 is 1.45. The lowest BCUT2D eigenvalue weighted by Crippen LogP contribution is -2.38. The van der Waals surface area contributed by atoms with Crippen molar-refractivity contribution in [2.45, 2.75) is 6.42 Å². The van der Waals surface area contributed by atoms with Crippen molar-refractivity contribution in [2.24, 2.45) is 0 Å². The highest BCUT2D eigenvalue weighted by atomic mass is 32.1. The minimum absolute atomic E-state index is 0.0494. The first-order chi connectivity index (χ1) is 11.7. The number of benzene rings is 1. The van der Waals surface area contributed by atoms with Crippen LogP contribution in [0.25, 0.3) is 10.6 Å². The van der Waals surface area contributed by atoms with Gasteiger partial charge in [-0.15, -0.1) is 11.3 Å². The molecule has 6 nitrogen and oxygen atoms in total. The van der Waals surface area contributed by atoms with Crippen molar-refractivity contribution >= 4 is 17.3 Å². The lowest BCUT2D eigenvalue weighted by molar-refractivity contribution is -0.136. The van der Waals surface area contributed by atoms with Gasteiger partial charge in [0.05, 0.1) is 25.3 Å². The zero-order valence-corrected chi connectivity index (χ0v) is 14.1. The zero-order chi connectivity index (χ0) is 16.8. The molecule has 1 N–H and O–H groups in total. The molecule has 0 radical (unpaired) electrons. The first kappa shape index (κ1) is 16.9. The van der Waals surface area contributed by atoms with E-state index >= 15 is 0 Å². The number of thiazole rings is 1. The SMILES string of the molecule is O=C(O)Cc1csc(-c2cccc(OCCN3CCOCC3)c2)n1. The number of hydrogen-bond donors (Lipinski definition) is 1. The van der Waals surface area contributed by atoms with Gasteiger partial charge in [-0.25, -0.2) is 4.98 Å². The van der Waals surface area contributed by atoms with Crippen LogP contribution in [0.15, 0.2) is 29.6 Å². The van der Waals surface area contributed by atoms with Gasteiger partial charge in [-0.1, -0.05) is 12.1 Å². The lowest BCUT2D eigenvalue weighted by Gasteiger charge is -2.26. The topological polar surface area (TPSA) is 71.9 Å². The van der Waals surface area contributed by atoms with Crippen LogP contribution in [-0.2, 0) is 16.0 Å². The third-order valence-corrected chi connectivity index (χ3v) is 4.69. The molecule has 24 heavy (non-hydrogen) atoms. The number of carbonyl (C=O) groups is 1. The summed E-state index contributed by atoms with van der Waals surface area (Å²) < 4.78 is 11.2. The Morgan fingerprint density at radius 3 is 3.00 bits per heavy atom. The van der Waals surface area contributed by atoms with Gasteiger partial charge in [0.2, 0.25) is 0 Å². The summed E-state index contributed by atoms with van der Waals surface area (Å²) in [6.07, 6.45) is -0.0494. The Balaban J connectivity index is 1.57. The quantitative estimate of drug-likeness (QED) is 0.827. The van der Waals surface area contributed by atoms with E-state index in [1.807, 2.05) is 24.3 Å². The van der Waals surface area contributed by atoms with Crippen LogP contribution in [0.1, 0.15) is 5.69 Å². The van der Waals surface area contributed by atoms with Crippen molar-refractivity contribution in [1.29, 1.82) is 0 Å². The summed E-state index contributed by atoms with van der Waals surface area (Å²) in [5.41, 5.74) is 1.53. The van der Waals surface area contributed by atoms with Gasteiger partial charge in [0, 0.05) is 30.6 Å². The van der Waals surface area contributed by atoms with Gasteiger partial charge in [0.15, 0.2) is 0 Å². The highest BCUT2D eigenvalue weighted by Crippen LogP contribution is 2.27. The standard InChI is InChI=1S/C17H20N2O4S/c20-16(21)11-14-12-24-17(18-14)13-2-1-3-15(10-13)23-9-6-19-4-7-22-8-5-19/h1-3,10,12H,4-9,11H2,(H,20,21). The van der Waals surface area contributed by atoms with E-state index in [2.05, 4.69) is 9.88 Å². The Morgan fingerprint density at radius 2 is 2.21 bits per heavy atom. The van der Waals surface area contributed by atoms with Crippen LogP contribution in [0.3, 0.4) is 0 Å². The predicted octanol–water partition coefficient (Wildman–Crippen LogP) is 2.15. The molecule has 1 fully saturated rings. The van der Waals surface area contributed by atoms with Crippen LogP contribution >= 0.6 is 11.3 Å². The molecular weight excluding hydrogens is 328 g/mol. The summed E-state index contributed by atoms with van der Waals surface area (Å²) in [6.45, 7) is 5.00. The number of rotatable bonds is 7. The van der Waals surface area contributed by atoms with Gasteiger partial charge in [0.25, 0.3) is 0 Å². The monoisotopic (exact) mass is 348 g/mol. The smallest absolute Gasteiger partial charge is 0.309 e. The normalized spacial score (nSPS) is 15.3. The van der Waals surface area contributed by atoms with Crippen LogP contribution in [0, 0.1) is 0 Å². The van der Waals surface area contributed by atoms with Gasteiger partial charge in [0.1, 0.15) is 17.4 Å². The molecule has 0 unspecified atom stereocenters. The van der Waals surface area contributed by atoms with Crippen LogP contribution in [0.5, 0.6) is 5.75 Å². The molecule has 7 heteroatoms. The molecule has 2 aromatic rings. The molecule has 0 bridgehead atoms. The van der Waals surface area contributed by atoms with E-state index in [0.29, 0.717) is 12.3 Å². The van der Waals surface area contributed by atoms with Crippen molar-refractivity contribution < 1.29 is 19.4 Å². The van der Waals surface area contributed by atoms with E-state index in [-0.39, 0.29) is 6.42 Å². The summed E-state index contributed by atoms with van der Waals surface area (Å²) in [5.74, 6) is -0.0669. The average Bonchev–Trinajstić information content (AvgIpc) is 3.04. The molecule has 0 amide bonds. The van der Waals surface area contributed by atoms with Crippen molar-refractivity contribution in [3.05, 3.63) is 35.3 Å². The van der Waals surface area contributed by atoms with Gasteiger partial charge < -0.3 is 14.6 Å². The molecule has 1 aromatic heterocycles. The van der Waals surface area contributed by atoms with Crippen LogP contribution in [-0.4, -0.2) is 60.4 Å². The van der Waals surface area contributed by atoms with Crippen molar-refractivity contribution in [2.75, 3.05) is 39.5 Å². The number of carboxylic acids is 1. The second-order valence-electron chi connectivity index (χ2n) is 5.54. The Hall–Kier alpha value is -1.96. The van der Waals surface area contributed by atoms with E-state index in [0.717, 1.165) is 49.2 Å². The minimum Gasteiger partial charge on any atom is -0.492 e. The maximum Gasteiger partial charge on any atom is 0.309 e. The van der Waals surface area contributed by atoms with Crippen LogP contribution in [0.2, 0.25) is 0 Å². The highest BCUT2D eigenvalue weighted by Gasteiger charge is 2.11. The molecule has 0 saturated carbocycles. The number of morpholine rings is 1. The Labute approximate surface area is 144 Å². The molecule has 3 rings (SSSR count). The van der Waals surface area contributed by atoms with Crippen LogP contribution in [0.4, 0.5) is 0 Å². The number of aromatic nitrogens is 1. The number of carboxylic acid groups (broad SMARTS) is 1. The van der Waals surface area contributed by atoms with E-state index in [4.69, 9.17) is 14.6 Å². The summed E-state index contributed by atoms with van der Waals surface area (Å²) in [4.78, 5) is 17.5. The molecule has 0 aliphatic carbocycles. The Bertz CT molecular complexity index is 683. The fraction of sp³-hybridized carbons (Fsp3) is 0.412. The van der Waals surface area contributed by atoms with E-state index in [1.165, 1.54) is 11.3 Å². The molecular formula is C17H20N2O4S. The lowest BCUT2D eigenvalue weighted by atomic mass is 10.2. The first-order valence-electron chi connectivity index (χ1n) is 7.90. The molecule has 1 aromatic carbocycles. The van der Waals surface area contributed by atoms with Gasteiger partial charge in [-0.05, 0) is 12.1 Å². The minimum atomic E-state index is -0.868. The van der Waals surface area contributed by atoms with E-state index < -0.39 is 5.97 Å². The number of nitrogens with zero attached hydrogens (tertiary/aromatic N) is 2. The summed E-state index contributed by atoms with van der Waals surface area (Å²) in [5, 5.41) is 11.4. The van der Waals surface area contributed by atoms with Gasteiger partial charge in [-0.2, -0.15) is 0 Å². The Morgan fingerprint density at radius 1 is 1.38 bits per heavy atom. The van der Waals surface area contributed by atoms with Gasteiger partial charge in [-0.3, -0.25) is 9.69 Å². The molecule has 128 valence electrons. The highest BCUT2D eigenvalue weighted by molar-refractivity contribution is 7.13. The maximum absolute atomic E-state index is 10.8. The van der Waals surface area contributed by atoms with Crippen molar-refractivity contribution in [3.8, 4) is 16.3 Å². The predicted molar refractivity (Wildman–Crippen MR) is 91.6 cm³/mol. The molecule has 1 aliphatic rings. The maximum atomic E-state index is 10.8. The second-order valence-corrected chi connectivity index (χ2v) is 6.40. The summed E-state index contributed by atoms with van der Waals surface area (Å²) in [6, 6.07) is 7.76. The average molecular weight is 348 g/mol. The largest absolute Gasteiger partial charge is 0.492 e. The zero-order valence-electron chi connectivity index (χ0n) is 13.3. The second kappa shape index (κ2) is 8.23. The third-order valence-electron chi connectivity index (χ3n) is 3.75. The molecule has 0 atom stereocenters. The number of ether oxygens (including phenoxy) is 2. The number of hydrogen-bond acceptors (Lipinski definition) is 6. The Kier molecular flexibility index (Phi) is 5.79. The fourth-order valence-electron chi connectivity index (χ4n) is 2.51. The van der Waals surface area contributed by atoms with Crippen molar-refractivity contribution in [3.63, 3.8) is 0 Å². The fourth-order valence-corrected chi connectivity index (χ4v) is 3.33. The van der Waals surface area contributed by atoms with Crippen molar-refractivity contribution in [1.82, 2.24) is 9.88 Å². The molecule has 1 aliphatic heterocycles.